The first-order valence-corrected chi connectivity index (χ1v) is 6.98. The maximum absolute atomic E-state index is 13.5. The minimum atomic E-state index is -0.224. The van der Waals surface area contributed by atoms with Crippen molar-refractivity contribution in [3.63, 3.8) is 0 Å². The Hall–Kier alpha value is -1.78. The van der Waals surface area contributed by atoms with Crippen LogP contribution in [0.25, 0.3) is 0 Å². The summed E-state index contributed by atoms with van der Waals surface area (Å²) in [4.78, 5) is 13.3. The third-order valence-electron chi connectivity index (χ3n) is 2.89. The molecule has 0 saturated carbocycles. The molecule has 112 valence electrons. The quantitative estimate of drug-likeness (QED) is 0.755. The molecule has 20 heavy (non-hydrogen) atoms. The van der Waals surface area contributed by atoms with Gasteiger partial charge in [-0.25, -0.2) is 9.18 Å². The van der Waals surface area contributed by atoms with Gasteiger partial charge in [-0.1, -0.05) is 26.0 Å². The van der Waals surface area contributed by atoms with Crippen molar-refractivity contribution in [2.24, 2.45) is 5.92 Å². The van der Waals surface area contributed by atoms with Crippen LogP contribution in [0.4, 0.5) is 14.9 Å². The van der Waals surface area contributed by atoms with Crippen LogP contribution >= 0.6 is 0 Å². The van der Waals surface area contributed by atoms with Crippen LogP contribution in [0.2, 0.25) is 0 Å². The van der Waals surface area contributed by atoms with Crippen LogP contribution in [0.3, 0.4) is 0 Å². The molecule has 2 amide bonds. The molecule has 0 bridgehead atoms. The van der Waals surface area contributed by atoms with E-state index in [0.717, 1.165) is 6.42 Å². The molecule has 1 rings (SSSR count). The van der Waals surface area contributed by atoms with Crippen molar-refractivity contribution in [2.75, 3.05) is 31.6 Å². The van der Waals surface area contributed by atoms with Crippen LogP contribution < -0.4 is 15.5 Å². The lowest BCUT2D eigenvalue weighted by molar-refractivity contribution is 0.239. The molecule has 0 fully saturated rings. The van der Waals surface area contributed by atoms with Gasteiger partial charge >= 0.3 is 6.03 Å². The SMILES string of the molecule is CC(C)CNC(=O)NCCCN(C)c1ccccc1F. The largest absolute Gasteiger partial charge is 0.372 e. The maximum Gasteiger partial charge on any atom is 0.314 e. The van der Waals surface area contributed by atoms with Gasteiger partial charge in [-0.2, -0.15) is 0 Å². The van der Waals surface area contributed by atoms with Crippen LogP contribution in [0.1, 0.15) is 20.3 Å². The Morgan fingerprint density at radius 2 is 2.00 bits per heavy atom. The maximum atomic E-state index is 13.5. The van der Waals surface area contributed by atoms with E-state index in [2.05, 4.69) is 10.6 Å². The molecule has 2 N–H and O–H groups in total. The summed E-state index contributed by atoms with van der Waals surface area (Å²) in [6, 6.07) is 6.54. The van der Waals surface area contributed by atoms with E-state index in [9.17, 15) is 9.18 Å². The first-order valence-electron chi connectivity index (χ1n) is 6.98. The van der Waals surface area contributed by atoms with Gasteiger partial charge in [0, 0.05) is 26.7 Å². The lowest BCUT2D eigenvalue weighted by Gasteiger charge is -2.19. The first kappa shape index (κ1) is 16.3. The number of hydrogen-bond acceptors (Lipinski definition) is 2. The number of para-hydroxylation sites is 1. The number of carbonyl (C=O) groups excluding carboxylic acids is 1. The molecule has 1 aromatic rings. The smallest absolute Gasteiger partial charge is 0.314 e. The third kappa shape index (κ3) is 5.91. The van der Waals surface area contributed by atoms with Gasteiger partial charge in [0.05, 0.1) is 5.69 Å². The van der Waals surface area contributed by atoms with E-state index < -0.39 is 0 Å². The number of nitrogens with one attached hydrogen (secondary N) is 2. The van der Waals surface area contributed by atoms with E-state index in [1.807, 2.05) is 31.9 Å². The second-order valence-electron chi connectivity index (χ2n) is 5.26. The molecule has 5 heteroatoms. The minimum absolute atomic E-state index is 0.146. The Labute approximate surface area is 120 Å². The summed E-state index contributed by atoms with van der Waals surface area (Å²) in [7, 11) is 1.84. The van der Waals surface area contributed by atoms with Gasteiger partial charge in [0.1, 0.15) is 5.82 Å². The Morgan fingerprint density at radius 1 is 1.30 bits per heavy atom. The molecule has 0 radical (unpaired) electrons. The van der Waals surface area contributed by atoms with E-state index >= 15 is 0 Å². The van der Waals surface area contributed by atoms with Crippen molar-refractivity contribution < 1.29 is 9.18 Å². The third-order valence-corrected chi connectivity index (χ3v) is 2.89. The van der Waals surface area contributed by atoms with Gasteiger partial charge in [0.25, 0.3) is 0 Å². The molecule has 0 atom stereocenters. The van der Waals surface area contributed by atoms with Crippen LogP contribution in [0.15, 0.2) is 24.3 Å². The highest BCUT2D eigenvalue weighted by Gasteiger charge is 2.06. The molecule has 0 spiro atoms. The lowest BCUT2D eigenvalue weighted by Crippen LogP contribution is -2.38. The van der Waals surface area contributed by atoms with Gasteiger partial charge in [0.15, 0.2) is 0 Å². The van der Waals surface area contributed by atoms with E-state index in [4.69, 9.17) is 0 Å². The van der Waals surface area contributed by atoms with Crippen molar-refractivity contribution in [1.29, 1.82) is 0 Å². The molecule has 0 aliphatic carbocycles. The average Bonchev–Trinajstić information content (AvgIpc) is 2.41. The second kappa shape index (κ2) is 8.40. The molecule has 0 aliphatic heterocycles. The van der Waals surface area contributed by atoms with E-state index in [1.165, 1.54) is 6.07 Å². The number of urea groups is 1. The second-order valence-corrected chi connectivity index (χ2v) is 5.26. The minimum Gasteiger partial charge on any atom is -0.372 e. The van der Waals surface area contributed by atoms with Gasteiger partial charge in [0.2, 0.25) is 0 Å². The van der Waals surface area contributed by atoms with Crippen molar-refractivity contribution in [2.45, 2.75) is 20.3 Å². The van der Waals surface area contributed by atoms with E-state index in [1.54, 1.807) is 12.1 Å². The summed E-state index contributed by atoms with van der Waals surface area (Å²) in [5, 5.41) is 5.58. The van der Waals surface area contributed by atoms with E-state index in [-0.39, 0.29) is 11.8 Å². The lowest BCUT2D eigenvalue weighted by atomic mass is 10.2. The average molecular weight is 281 g/mol. The highest BCUT2D eigenvalue weighted by atomic mass is 19.1. The number of carbonyl (C=O) groups is 1. The standard InChI is InChI=1S/C15H24FN3O/c1-12(2)11-18-15(20)17-9-6-10-19(3)14-8-5-4-7-13(14)16/h4-5,7-8,12H,6,9-11H2,1-3H3,(H2,17,18,20). The zero-order valence-electron chi connectivity index (χ0n) is 12.4. The number of rotatable bonds is 7. The number of hydrogen-bond donors (Lipinski definition) is 2. The molecule has 0 aliphatic rings. The molecule has 1 aromatic carbocycles. The Morgan fingerprint density at radius 3 is 2.65 bits per heavy atom. The van der Waals surface area contributed by atoms with Crippen molar-refractivity contribution in [1.82, 2.24) is 10.6 Å². The highest BCUT2D eigenvalue weighted by molar-refractivity contribution is 5.73. The fourth-order valence-corrected chi connectivity index (χ4v) is 1.76. The number of anilines is 1. The molecule has 0 unspecified atom stereocenters. The molecule has 0 aromatic heterocycles. The molecule has 0 saturated heterocycles. The Bertz CT molecular complexity index is 423. The number of halogens is 1. The predicted octanol–water partition coefficient (Wildman–Crippen LogP) is 2.61. The van der Waals surface area contributed by atoms with Crippen LogP contribution in [0, 0.1) is 11.7 Å². The summed E-state index contributed by atoms with van der Waals surface area (Å²) < 4.78 is 13.5. The predicted molar refractivity (Wildman–Crippen MR) is 80.5 cm³/mol. The van der Waals surface area contributed by atoms with E-state index in [0.29, 0.717) is 31.2 Å². The summed E-state index contributed by atoms with van der Waals surface area (Å²) >= 11 is 0. The number of nitrogens with zero attached hydrogens (tertiary/aromatic N) is 1. The van der Waals surface area contributed by atoms with Gasteiger partial charge < -0.3 is 15.5 Å². The number of amides is 2. The monoisotopic (exact) mass is 281 g/mol. The first-order chi connectivity index (χ1) is 9.50. The van der Waals surface area contributed by atoms with Crippen LogP contribution in [-0.4, -0.2) is 32.7 Å². The summed E-state index contributed by atoms with van der Waals surface area (Å²) in [5.74, 6) is 0.213. The zero-order valence-corrected chi connectivity index (χ0v) is 12.4. The summed E-state index contributed by atoms with van der Waals surface area (Å²) in [6.45, 7) is 6.02. The normalized spacial score (nSPS) is 10.4. The summed E-state index contributed by atoms with van der Waals surface area (Å²) in [5.41, 5.74) is 0.580. The van der Waals surface area contributed by atoms with Crippen molar-refractivity contribution >= 4 is 11.7 Å². The van der Waals surface area contributed by atoms with Crippen LogP contribution in [0.5, 0.6) is 0 Å². The number of benzene rings is 1. The van der Waals surface area contributed by atoms with Gasteiger partial charge in [-0.15, -0.1) is 0 Å². The van der Waals surface area contributed by atoms with Crippen molar-refractivity contribution in [3.05, 3.63) is 30.1 Å². The summed E-state index contributed by atoms with van der Waals surface area (Å²) in [6.07, 6.45) is 0.764. The zero-order chi connectivity index (χ0) is 15.0. The van der Waals surface area contributed by atoms with Crippen molar-refractivity contribution in [3.8, 4) is 0 Å². The van der Waals surface area contributed by atoms with Gasteiger partial charge in [-0.3, -0.25) is 0 Å². The molecular weight excluding hydrogens is 257 g/mol. The topological polar surface area (TPSA) is 44.4 Å². The molecule has 0 heterocycles. The van der Waals surface area contributed by atoms with Crippen LogP contribution in [-0.2, 0) is 0 Å². The molecular formula is C15H24FN3O. The fraction of sp³-hybridized carbons (Fsp3) is 0.533. The Kier molecular flexibility index (Phi) is 6.84. The Balaban J connectivity index is 2.21. The molecule has 4 nitrogen and oxygen atoms in total. The van der Waals surface area contributed by atoms with Gasteiger partial charge in [-0.05, 0) is 24.5 Å². The fourth-order valence-electron chi connectivity index (χ4n) is 1.76. The highest BCUT2D eigenvalue weighted by Crippen LogP contribution is 2.16.